The van der Waals surface area contributed by atoms with Gasteiger partial charge in [0, 0.05) is 21.8 Å². The van der Waals surface area contributed by atoms with Crippen LogP contribution < -0.4 is 5.56 Å². The molecule has 1 N–H and O–H groups in total. The van der Waals surface area contributed by atoms with Gasteiger partial charge in [0.25, 0.3) is 5.56 Å². The number of rotatable bonds is 6. The van der Waals surface area contributed by atoms with Gasteiger partial charge >= 0.3 is 0 Å². The predicted octanol–water partition coefficient (Wildman–Crippen LogP) is 3.66. The van der Waals surface area contributed by atoms with Crippen molar-refractivity contribution >= 4 is 29.1 Å². The van der Waals surface area contributed by atoms with E-state index in [1.165, 1.54) is 11.8 Å². The lowest BCUT2D eigenvalue weighted by Crippen LogP contribution is -2.17. The molecule has 1 heterocycles. The van der Waals surface area contributed by atoms with Crippen molar-refractivity contribution in [1.82, 2.24) is 9.97 Å². The third-order valence-electron chi connectivity index (χ3n) is 3.21. The van der Waals surface area contributed by atoms with Crippen molar-refractivity contribution in [2.75, 3.05) is 5.75 Å². The highest BCUT2D eigenvalue weighted by Gasteiger charge is 2.11. The molecule has 0 spiro atoms. The van der Waals surface area contributed by atoms with Crippen molar-refractivity contribution in [1.29, 1.82) is 0 Å². The number of hydrogen-bond acceptors (Lipinski definition) is 4. The quantitative estimate of drug-likeness (QED) is 0.497. The molecule has 0 bridgehead atoms. The standard InChI is InChI=1S/C16H17ClN2O2S/c1-3-4-13-10(2)18-16(19-15(13)21)22-9-14(20)11-5-7-12(17)8-6-11/h5-8H,3-4,9H2,1-2H3,(H,18,19,21). The molecule has 4 nitrogen and oxygen atoms in total. The molecule has 0 aliphatic rings. The number of hydrogen-bond donors (Lipinski definition) is 1. The number of carbonyl (C=O) groups is 1. The fourth-order valence-corrected chi connectivity index (χ4v) is 2.98. The van der Waals surface area contributed by atoms with Crippen LogP contribution in [-0.4, -0.2) is 21.5 Å². The van der Waals surface area contributed by atoms with Crippen LogP contribution in [0, 0.1) is 6.92 Å². The molecule has 0 atom stereocenters. The number of ketones is 1. The number of nitrogens with one attached hydrogen (secondary N) is 1. The summed E-state index contributed by atoms with van der Waals surface area (Å²) in [6.07, 6.45) is 1.61. The van der Waals surface area contributed by atoms with E-state index in [0.29, 0.717) is 22.2 Å². The summed E-state index contributed by atoms with van der Waals surface area (Å²) < 4.78 is 0. The Morgan fingerprint density at radius 3 is 2.59 bits per heavy atom. The minimum absolute atomic E-state index is 0.0281. The number of nitrogens with zero attached hydrogens (tertiary/aromatic N) is 1. The Kier molecular flexibility index (Phi) is 5.80. The Morgan fingerprint density at radius 1 is 1.32 bits per heavy atom. The van der Waals surface area contributed by atoms with Crippen molar-refractivity contribution in [3.63, 3.8) is 0 Å². The minimum atomic E-state index is -0.115. The molecule has 22 heavy (non-hydrogen) atoms. The highest BCUT2D eigenvalue weighted by Crippen LogP contribution is 2.17. The fraction of sp³-hybridized carbons (Fsp3) is 0.312. The number of carbonyl (C=O) groups excluding carboxylic acids is 1. The molecule has 0 unspecified atom stereocenters. The summed E-state index contributed by atoms with van der Waals surface area (Å²) in [4.78, 5) is 31.2. The van der Waals surface area contributed by atoms with Gasteiger partial charge in [-0.05, 0) is 37.6 Å². The lowest BCUT2D eigenvalue weighted by Gasteiger charge is -2.06. The number of aromatic amines is 1. The van der Waals surface area contributed by atoms with Crippen LogP contribution in [0.1, 0.15) is 35.0 Å². The fourth-order valence-electron chi connectivity index (χ4n) is 2.05. The third kappa shape index (κ3) is 4.21. The first kappa shape index (κ1) is 16.8. The molecule has 1 aromatic heterocycles. The SMILES string of the molecule is CCCc1c(C)nc(SCC(=O)c2ccc(Cl)cc2)[nH]c1=O. The summed E-state index contributed by atoms with van der Waals surface area (Å²) in [6.45, 7) is 3.84. The first-order valence-corrected chi connectivity index (χ1v) is 8.39. The number of thioether (sulfide) groups is 1. The second kappa shape index (κ2) is 7.61. The number of H-pyrrole nitrogens is 1. The molecule has 0 fully saturated rings. The van der Waals surface area contributed by atoms with Crippen molar-refractivity contribution in [3.8, 4) is 0 Å². The predicted molar refractivity (Wildman–Crippen MR) is 90.1 cm³/mol. The van der Waals surface area contributed by atoms with Crippen LogP contribution in [0.25, 0.3) is 0 Å². The summed E-state index contributed by atoms with van der Waals surface area (Å²) in [7, 11) is 0. The molecule has 0 aliphatic heterocycles. The molecule has 6 heteroatoms. The minimum Gasteiger partial charge on any atom is -0.301 e. The Hall–Kier alpha value is -1.59. The number of Topliss-reactive ketones (excluding diaryl/α,β-unsaturated/α-hetero) is 1. The lowest BCUT2D eigenvalue weighted by atomic mass is 10.1. The van der Waals surface area contributed by atoms with Crippen LogP contribution in [0.3, 0.4) is 0 Å². The molecule has 2 rings (SSSR count). The Bertz CT molecular complexity index is 726. The maximum absolute atomic E-state index is 12.1. The maximum atomic E-state index is 12.1. The summed E-state index contributed by atoms with van der Waals surface area (Å²) in [5.41, 5.74) is 1.93. The van der Waals surface area contributed by atoms with E-state index in [1.807, 2.05) is 13.8 Å². The smallest absolute Gasteiger partial charge is 0.254 e. The molecular weight excluding hydrogens is 320 g/mol. The average Bonchev–Trinajstić information content (AvgIpc) is 2.49. The van der Waals surface area contributed by atoms with E-state index in [9.17, 15) is 9.59 Å². The van der Waals surface area contributed by atoms with Gasteiger partial charge in [-0.3, -0.25) is 9.59 Å². The van der Waals surface area contributed by atoms with E-state index in [0.717, 1.165) is 17.7 Å². The van der Waals surface area contributed by atoms with E-state index in [2.05, 4.69) is 9.97 Å². The lowest BCUT2D eigenvalue weighted by molar-refractivity contribution is 0.102. The van der Waals surface area contributed by atoms with Gasteiger partial charge in [-0.25, -0.2) is 4.98 Å². The van der Waals surface area contributed by atoms with E-state index in [-0.39, 0.29) is 17.1 Å². The van der Waals surface area contributed by atoms with Crippen LogP contribution in [0.2, 0.25) is 5.02 Å². The number of halogens is 1. The van der Waals surface area contributed by atoms with Gasteiger partial charge in [0.15, 0.2) is 10.9 Å². The molecule has 1 aromatic carbocycles. The molecule has 2 aromatic rings. The van der Waals surface area contributed by atoms with Gasteiger partial charge in [-0.1, -0.05) is 36.7 Å². The first-order valence-electron chi connectivity index (χ1n) is 7.02. The topological polar surface area (TPSA) is 62.8 Å². The molecule has 0 radical (unpaired) electrons. The van der Waals surface area contributed by atoms with Crippen molar-refractivity contribution < 1.29 is 4.79 Å². The third-order valence-corrected chi connectivity index (χ3v) is 4.33. The van der Waals surface area contributed by atoms with Gasteiger partial charge in [0.05, 0.1) is 5.75 Å². The number of aromatic nitrogens is 2. The first-order chi connectivity index (χ1) is 10.5. The molecule has 0 saturated carbocycles. The number of aryl methyl sites for hydroxylation is 1. The Morgan fingerprint density at radius 2 is 2.00 bits per heavy atom. The summed E-state index contributed by atoms with van der Waals surface area (Å²) >= 11 is 7.03. The second-order valence-corrected chi connectivity index (χ2v) is 6.30. The molecule has 116 valence electrons. The van der Waals surface area contributed by atoms with Crippen LogP contribution in [0.15, 0.2) is 34.2 Å². The summed E-state index contributed by atoms with van der Waals surface area (Å²) in [5.74, 6) is 0.191. The van der Waals surface area contributed by atoms with Gasteiger partial charge in [-0.15, -0.1) is 0 Å². The van der Waals surface area contributed by atoms with Crippen LogP contribution in [0.4, 0.5) is 0 Å². The van der Waals surface area contributed by atoms with Crippen molar-refractivity contribution in [3.05, 3.63) is 56.5 Å². The van der Waals surface area contributed by atoms with Crippen molar-refractivity contribution in [2.24, 2.45) is 0 Å². The van der Waals surface area contributed by atoms with Gasteiger partial charge < -0.3 is 4.98 Å². The number of benzene rings is 1. The van der Waals surface area contributed by atoms with E-state index < -0.39 is 0 Å². The zero-order valence-corrected chi connectivity index (χ0v) is 14.1. The highest BCUT2D eigenvalue weighted by atomic mass is 35.5. The van der Waals surface area contributed by atoms with Crippen LogP contribution >= 0.6 is 23.4 Å². The monoisotopic (exact) mass is 336 g/mol. The Labute approximate surface area is 138 Å². The zero-order chi connectivity index (χ0) is 16.1. The highest BCUT2D eigenvalue weighted by molar-refractivity contribution is 7.99. The molecule has 0 amide bonds. The largest absolute Gasteiger partial charge is 0.301 e. The molecule has 0 aliphatic carbocycles. The Balaban J connectivity index is 2.07. The van der Waals surface area contributed by atoms with E-state index in [4.69, 9.17) is 11.6 Å². The summed E-state index contributed by atoms with van der Waals surface area (Å²) in [5, 5.41) is 1.07. The molecular formula is C16H17ClN2O2S. The average molecular weight is 337 g/mol. The summed E-state index contributed by atoms with van der Waals surface area (Å²) in [6, 6.07) is 6.75. The van der Waals surface area contributed by atoms with Gasteiger partial charge in [-0.2, -0.15) is 0 Å². The zero-order valence-electron chi connectivity index (χ0n) is 12.5. The second-order valence-electron chi connectivity index (χ2n) is 4.90. The molecule has 0 saturated heterocycles. The normalized spacial score (nSPS) is 10.7. The van der Waals surface area contributed by atoms with Crippen molar-refractivity contribution in [2.45, 2.75) is 31.8 Å². The van der Waals surface area contributed by atoms with Crippen LogP contribution in [-0.2, 0) is 6.42 Å². The van der Waals surface area contributed by atoms with E-state index in [1.54, 1.807) is 24.3 Å². The van der Waals surface area contributed by atoms with Crippen LogP contribution in [0.5, 0.6) is 0 Å². The van der Waals surface area contributed by atoms with Gasteiger partial charge in [0.1, 0.15) is 0 Å². The van der Waals surface area contributed by atoms with Gasteiger partial charge in [0.2, 0.25) is 0 Å². The van der Waals surface area contributed by atoms with E-state index >= 15 is 0 Å². The maximum Gasteiger partial charge on any atom is 0.254 e.